The molecule has 0 radical (unpaired) electrons. The monoisotopic (exact) mass is 260 g/mol. The Morgan fingerprint density at radius 1 is 0.769 bits per heavy atom. The first-order valence-electron chi connectivity index (χ1n) is 4.41. The molecule has 0 aliphatic heterocycles. The van der Waals surface area contributed by atoms with Crippen molar-refractivity contribution in [3.05, 3.63) is 0 Å². The van der Waals surface area contributed by atoms with Crippen molar-refractivity contribution in [2.24, 2.45) is 10.8 Å². The summed E-state index contributed by atoms with van der Waals surface area (Å²) in [4.78, 5) is 23.2. The van der Waals surface area contributed by atoms with Crippen molar-refractivity contribution in [1.82, 2.24) is 0 Å². The zero-order valence-corrected chi connectivity index (χ0v) is 11.8. The van der Waals surface area contributed by atoms with Crippen molar-refractivity contribution >= 4 is 6.98 Å². The Hall–Kier alpha value is 0.223. The molecule has 3 heteroatoms. The molecular weight excluding hydrogens is 243 g/mol. The summed E-state index contributed by atoms with van der Waals surface area (Å²) in [7, 11) is 0. The normalized spacial score (nSPS) is 12.5. The molecule has 0 fully saturated rings. The molecular formula is C10H18O2Zr. The predicted octanol–water partition coefficient (Wildman–Crippen LogP) is 2.21. The second kappa shape index (κ2) is 4.17. The van der Waals surface area contributed by atoms with Gasteiger partial charge in [0.15, 0.2) is 0 Å². The van der Waals surface area contributed by atoms with E-state index in [0.29, 0.717) is 0 Å². The van der Waals surface area contributed by atoms with Gasteiger partial charge in [-0.2, -0.15) is 0 Å². The molecule has 0 atom stereocenters. The molecule has 0 aromatic rings. The van der Waals surface area contributed by atoms with Crippen LogP contribution in [-0.2, 0) is 32.8 Å². The third kappa shape index (κ3) is 4.85. The van der Waals surface area contributed by atoms with Crippen molar-refractivity contribution in [1.29, 1.82) is 0 Å². The molecule has 74 valence electrons. The zero-order chi connectivity index (χ0) is 10.9. The number of carbonyl (C=O) groups is 2. The molecule has 0 aromatic heterocycles. The summed E-state index contributed by atoms with van der Waals surface area (Å²) in [6.45, 7) is 11.3. The van der Waals surface area contributed by atoms with Gasteiger partial charge in [-0.1, -0.05) is 0 Å². The standard InChI is InChI=1S/2C5H9O.Zr/c2*1-5(2,3)4-6;/h2*1-3H3;. The molecule has 0 aromatic carbocycles. The van der Waals surface area contributed by atoms with Gasteiger partial charge < -0.3 is 0 Å². The Balaban J connectivity index is 4.34. The molecule has 13 heavy (non-hydrogen) atoms. The first-order valence-corrected chi connectivity index (χ1v) is 6.87. The van der Waals surface area contributed by atoms with E-state index in [0.717, 1.165) is 0 Å². The van der Waals surface area contributed by atoms with Crippen LogP contribution in [0.15, 0.2) is 0 Å². The van der Waals surface area contributed by atoms with E-state index < -0.39 is 23.2 Å². The molecule has 0 heterocycles. The average molecular weight is 261 g/mol. The van der Waals surface area contributed by atoms with Gasteiger partial charge in [-0.15, -0.1) is 0 Å². The van der Waals surface area contributed by atoms with Crippen molar-refractivity contribution in [3.63, 3.8) is 0 Å². The molecule has 0 unspecified atom stereocenters. The second-order valence-corrected chi connectivity index (χ2v) is 8.13. The molecule has 0 aliphatic rings. The Labute approximate surface area is 92.0 Å². The van der Waals surface area contributed by atoms with Gasteiger partial charge in [-0.3, -0.25) is 0 Å². The summed E-state index contributed by atoms with van der Waals surface area (Å²) < 4.78 is 0.382. The van der Waals surface area contributed by atoms with Gasteiger partial charge in [0.2, 0.25) is 0 Å². The van der Waals surface area contributed by atoms with Crippen LogP contribution < -0.4 is 0 Å². The molecule has 0 aliphatic carbocycles. The van der Waals surface area contributed by atoms with E-state index in [9.17, 15) is 9.59 Å². The Morgan fingerprint density at radius 3 is 1.15 bits per heavy atom. The number of rotatable bonds is 2. The first kappa shape index (κ1) is 13.2. The second-order valence-electron chi connectivity index (χ2n) is 5.28. The minimum atomic E-state index is -1.51. The number of carbonyl (C=O) groups excluding carboxylic acids is 2. The van der Waals surface area contributed by atoms with Crippen molar-refractivity contribution < 1.29 is 32.8 Å². The summed E-state index contributed by atoms with van der Waals surface area (Å²) in [6.07, 6.45) is 0. The SMILES string of the molecule is CC(C)(C)[C](=O)[Zr][C](=O)C(C)(C)C. The molecule has 0 N–H and O–H groups in total. The number of hydrogen-bond acceptors (Lipinski definition) is 2. The van der Waals surface area contributed by atoms with Crippen molar-refractivity contribution in [2.45, 2.75) is 41.5 Å². The van der Waals surface area contributed by atoms with E-state index in [1.54, 1.807) is 0 Å². The third-order valence-corrected chi connectivity index (χ3v) is 6.39. The van der Waals surface area contributed by atoms with Crippen LogP contribution in [0.4, 0.5) is 0 Å². The molecule has 0 saturated heterocycles. The summed E-state index contributed by atoms with van der Waals surface area (Å²) in [5.41, 5.74) is -0.653. The van der Waals surface area contributed by atoms with Gasteiger partial charge in [0.1, 0.15) is 0 Å². The third-order valence-electron chi connectivity index (χ3n) is 1.59. The molecule has 0 amide bonds. The van der Waals surface area contributed by atoms with E-state index in [1.807, 2.05) is 41.5 Å². The predicted molar refractivity (Wildman–Crippen MR) is 48.9 cm³/mol. The summed E-state index contributed by atoms with van der Waals surface area (Å²) in [6, 6.07) is 0. The number of hydrogen-bond donors (Lipinski definition) is 0. The van der Waals surface area contributed by atoms with E-state index in [2.05, 4.69) is 0 Å². The van der Waals surface area contributed by atoms with Gasteiger partial charge in [-0.05, 0) is 0 Å². The summed E-state index contributed by atoms with van der Waals surface area (Å²) in [5, 5.41) is 0. The summed E-state index contributed by atoms with van der Waals surface area (Å²) >= 11 is -1.51. The Bertz CT molecular complexity index is 194. The Kier molecular flexibility index (Phi) is 4.24. The van der Waals surface area contributed by atoms with Crippen LogP contribution in [0, 0.1) is 10.8 Å². The van der Waals surface area contributed by atoms with Gasteiger partial charge in [0.25, 0.3) is 0 Å². The van der Waals surface area contributed by atoms with E-state index in [-0.39, 0.29) is 17.8 Å². The molecule has 0 saturated carbocycles. The quantitative estimate of drug-likeness (QED) is 0.764. The maximum atomic E-state index is 11.6. The van der Waals surface area contributed by atoms with Crippen molar-refractivity contribution in [2.75, 3.05) is 0 Å². The van der Waals surface area contributed by atoms with E-state index >= 15 is 0 Å². The topological polar surface area (TPSA) is 34.1 Å². The van der Waals surface area contributed by atoms with Gasteiger partial charge in [0, 0.05) is 0 Å². The minimum absolute atomic E-state index is 0.191. The molecule has 0 spiro atoms. The van der Waals surface area contributed by atoms with Crippen LogP contribution in [0.3, 0.4) is 0 Å². The zero-order valence-electron chi connectivity index (χ0n) is 9.32. The molecule has 2 nitrogen and oxygen atoms in total. The van der Waals surface area contributed by atoms with E-state index in [1.165, 1.54) is 0 Å². The van der Waals surface area contributed by atoms with Gasteiger partial charge >= 0.3 is 92.2 Å². The van der Waals surface area contributed by atoms with Crippen molar-refractivity contribution in [3.8, 4) is 0 Å². The fourth-order valence-corrected chi connectivity index (χ4v) is 2.83. The fourth-order valence-electron chi connectivity index (χ4n) is 0.478. The van der Waals surface area contributed by atoms with Gasteiger partial charge in [-0.25, -0.2) is 0 Å². The maximum absolute atomic E-state index is 11.6. The average Bonchev–Trinajstić information content (AvgIpc) is 1.82. The van der Waals surface area contributed by atoms with Crippen LogP contribution in [0.2, 0.25) is 0 Å². The molecule has 0 rings (SSSR count). The molecule has 0 bridgehead atoms. The first-order chi connectivity index (χ1) is 5.55. The van der Waals surface area contributed by atoms with Crippen LogP contribution in [0.5, 0.6) is 0 Å². The Morgan fingerprint density at radius 2 is 1.00 bits per heavy atom. The van der Waals surface area contributed by atoms with Crippen LogP contribution in [0.1, 0.15) is 41.5 Å². The van der Waals surface area contributed by atoms with Gasteiger partial charge in [0.05, 0.1) is 0 Å². The fraction of sp³-hybridized carbons (Fsp3) is 0.800. The van der Waals surface area contributed by atoms with Crippen LogP contribution >= 0.6 is 0 Å². The summed E-state index contributed by atoms with van der Waals surface area (Å²) in [5.74, 6) is 0. The van der Waals surface area contributed by atoms with Crippen LogP contribution in [0.25, 0.3) is 0 Å². The van der Waals surface area contributed by atoms with E-state index in [4.69, 9.17) is 0 Å². The van der Waals surface area contributed by atoms with Crippen LogP contribution in [-0.4, -0.2) is 6.98 Å².